The lowest BCUT2D eigenvalue weighted by Crippen LogP contribution is -2.49. The third kappa shape index (κ3) is 3.68. The minimum atomic E-state index is -1.42. The largest absolute Gasteiger partial charge is 0.497 e. The van der Waals surface area contributed by atoms with Crippen molar-refractivity contribution in [1.82, 2.24) is 4.90 Å². The van der Waals surface area contributed by atoms with E-state index in [1.54, 1.807) is 43.5 Å². The summed E-state index contributed by atoms with van der Waals surface area (Å²) < 4.78 is 5.32. The second kappa shape index (κ2) is 9.86. The summed E-state index contributed by atoms with van der Waals surface area (Å²) in [5.74, 6) is -1.53. The van der Waals surface area contributed by atoms with Gasteiger partial charge in [-0.15, -0.1) is 0 Å². The smallest absolute Gasteiger partial charge is 0.238 e. The number of carbonyl (C=O) groups is 3. The van der Waals surface area contributed by atoms with Gasteiger partial charge in [-0.25, -0.2) is 0 Å². The highest BCUT2D eigenvalue weighted by atomic mass is 35.5. The molecule has 3 heterocycles. The maximum Gasteiger partial charge on any atom is 0.238 e. The van der Waals surface area contributed by atoms with Crippen molar-refractivity contribution < 1.29 is 19.1 Å². The molecule has 0 unspecified atom stereocenters. The quantitative estimate of drug-likeness (QED) is 0.252. The number of methoxy groups -OCH3 is 1. The van der Waals surface area contributed by atoms with Crippen molar-refractivity contribution in [1.29, 1.82) is 0 Å². The molecule has 8 heteroatoms. The minimum absolute atomic E-state index is 0.179. The van der Waals surface area contributed by atoms with Crippen LogP contribution in [-0.2, 0) is 10.2 Å². The molecule has 3 aliphatic rings. The van der Waals surface area contributed by atoms with Crippen molar-refractivity contribution in [2.45, 2.75) is 17.5 Å². The molecule has 0 bridgehead atoms. The number of hydrogen-bond acceptors (Lipinski definition) is 5. The van der Waals surface area contributed by atoms with E-state index in [9.17, 15) is 14.4 Å². The molecule has 3 aliphatic heterocycles. The van der Waals surface area contributed by atoms with E-state index in [1.807, 2.05) is 65.7 Å². The van der Waals surface area contributed by atoms with Crippen LogP contribution < -0.4 is 10.1 Å². The fourth-order valence-corrected chi connectivity index (χ4v) is 7.45. The average molecular weight is 595 g/mol. The van der Waals surface area contributed by atoms with Gasteiger partial charge in [0.1, 0.15) is 17.2 Å². The number of nitrogens with zero attached hydrogens (tertiary/aromatic N) is 1. The van der Waals surface area contributed by atoms with Crippen LogP contribution in [0.1, 0.15) is 43.4 Å². The Morgan fingerprint density at radius 2 is 1.64 bits per heavy atom. The zero-order valence-electron chi connectivity index (χ0n) is 22.4. The van der Waals surface area contributed by atoms with E-state index in [1.165, 1.54) is 6.07 Å². The molecule has 1 spiro atoms. The molecule has 1 N–H and O–H groups in total. The van der Waals surface area contributed by atoms with Crippen molar-refractivity contribution in [3.8, 4) is 5.75 Å². The molecule has 4 atom stereocenters. The summed E-state index contributed by atoms with van der Waals surface area (Å²) in [5, 5.41) is 3.62. The average Bonchev–Trinajstić information content (AvgIpc) is 3.49. The third-order valence-corrected chi connectivity index (χ3v) is 9.24. The van der Waals surface area contributed by atoms with Gasteiger partial charge in [0.2, 0.25) is 5.91 Å². The Bertz CT molecular complexity index is 1820. The molecule has 6 nitrogen and oxygen atoms in total. The first kappa shape index (κ1) is 26.5. The first-order chi connectivity index (χ1) is 20.4. The Labute approximate surface area is 252 Å². The minimum Gasteiger partial charge on any atom is -0.497 e. The van der Waals surface area contributed by atoms with Gasteiger partial charge < -0.3 is 15.0 Å². The molecule has 4 aromatic carbocycles. The number of fused-ring (bicyclic) bond motifs is 6. The summed E-state index contributed by atoms with van der Waals surface area (Å²) in [6.07, 6.45) is 3.75. The Morgan fingerprint density at radius 3 is 2.40 bits per heavy atom. The summed E-state index contributed by atoms with van der Waals surface area (Å²) in [5.41, 5.74) is 2.26. The van der Waals surface area contributed by atoms with Gasteiger partial charge in [0.25, 0.3) is 0 Å². The van der Waals surface area contributed by atoms with Gasteiger partial charge >= 0.3 is 0 Å². The van der Waals surface area contributed by atoms with E-state index >= 15 is 0 Å². The number of ketones is 2. The number of hydrogen-bond donors (Lipinski definition) is 1. The van der Waals surface area contributed by atoms with Gasteiger partial charge in [-0.1, -0.05) is 65.7 Å². The van der Waals surface area contributed by atoms with Crippen molar-refractivity contribution in [2.75, 3.05) is 12.4 Å². The van der Waals surface area contributed by atoms with E-state index in [2.05, 4.69) is 5.32 Å². The van der Waals surface area contributed by atoms with Crippen LogP contribution in [-0.4, -0.2) is 35.5 Å². The lowest BCUT2D eigenvalue weighted by Gasteiger charge is -2.38. The standard InChI is InChI=1S/C34H24Cl2N2O4/c1-42-22-13-10-20(11-14-22)30(39)28-29(31(40)24-15-12-21(35)18-26(24)36)38-17-16-19-6-2-3-7-23(19)32(38)34(28)25-8-4-5-9-27(25)37-33(34)41/h2-18,28-29,32H,1H3,(H,37,41)/t28-,29+,32-,34-/m0/s1. The number of para-hydroxylation sites is 1. The van der Waals surface area contributed by atoms with E-state index in [0.29, 0.717) is 27.6 Å². The Kier molecular flexibility index (Phi) is 6.22. The van der Waals surface area contributed by atoms with Crippen LogP contribution in [0, 0.1) is 5.92 Å². The molecule has 1 saturated heterocycles. The molecule has 4 aromatic rings. The first-order valence-electron chi connectivity index (χ1n) is 13.5. The number of carbonyl (C=O) groups excluding carboxylic acids is 3. The Morgan fingerprint density at radius 1 is 0.905 bits per heavy atom. The Hall–Kier alpha value is -4.39. The van der Waals surface area contributed by atoms with Gasteiger partial charge in [-0.05, 0) is 71.3 Å². The van der Waals surface area contributed by atoms with Gasteiger partial charge in [0, 0.05) is 28.0 Å². The lowest BCUT2D eigenvalue weighted by atomic mass is 9.62. The van der Waals surface area contributed by atoms with Crippen LogP contribution >= 0.6 is 23.2 Å². The summed E-state index contributed by atoms with van der Waals surface area (Å²) >= 11 is 12.7. The maximum absolute atomic E-state index is 14.8. The van der Waals surface area contributed by atoms with Crippen molar-refractivity contribution >= 4 is 52.4 Å². The van der Waals surface area contributed by atoms with Crippen LogP contribution in [0.15, 0.2) is 97.2 Å². The second-order valence-electron chi connectivity index (χ2n) is 10.7. The lowest BCUT2D eigenvalue weighted by molar-refractivity contribution is -0.122. The molecular weight excluding hydrogens is 571 g/mol. The van der Waals surface area contributed by atoms with Crippen molar-refractivity contribution in [3.05, 3.63) is 135 Å². The number of halogens is 2. The summed E-state index contributed by atoms with van der Waals surface area (Å²) in [4.78, 5) is 45.8. The van der Waals surface area contributed by atoms with Gasteiger partial charge in [0.05, 0.1) is 24.1 Å². The zero-order chi connectivity index (χ0) is 29.2. The van der Waals surface area contributed by atoms with Crippen LogP contribution in [0.3, 0.4) is 0 Å². The van der Waals surface area contributed by atoms with E-state index in [0.717, 1.165) is 11.1 Å². The van der Waals surface area contributed by atoms with Gasteiger partial charge in [-0.2, -0.15) is 0 Å². The molecule has 1 amide bonds. The van der Waals surface area contributed by atoms with Crippen molar-refractivity contribution in [2.24, 2.45) is 5.92 Å². The highest BCUT2D eigenvalue weighted by Gasteiger charge is 2.70. The van der Waals surface area contributed by atoms with Gasteiger partial charge in [-0.3, -0.25) is 14.4 Å². The third-order valence-electron chi connectivity index (χ3n) is 8.69. The van der Waals surface area contributed by atoms with Crippen molar-refractivity contribution in [3.63, 3.8) is 0 Å². The molecule has 0 radical (unpaired) electrons. The topological polar surface area (TPSA) is 75.7 Å². The van der Waals surface area contributed by atoms with Crippen LogP contribution in [0.25, 0.3) is 6.08 Å². The molecule has 208 valence electrons. The molecular formula is C34H24Cl2N2O4. The number of nitrogens with one attached hydrogen (secondary N) is 1. The SMILES string of the molecule is COc1ccc(C(=O)[C@@H]2[C@H](C(=O)c3ccc(Cl)cc3Cl)N3C=Cc4ccccc4[C@H]3[C@@]23C(=O)Nc2ccccc23)cc1. The summed E-state index contributed by atoms with van der Waals surface area (Å²) in [6.45, 7) is 0. The highest BCUT2D eigenvalue weighted by Crippen LogP contribution is 2.62. The Balaban J connectivity index is 1.53. The number of benzene rings is 4. The van der Waals surface area contributed by atoms with E-state index < -0.39 is 23.4 Å². The zero-order valence-corrected chi connectivity index (χ0v) is 23.9. The van der Waals surface area contributed by atoms with Crippen LogP contribution in [0.4, 0.5) is 5.69 Å². The summed E-state index contributed by atoms with van der Waals surface area (Å²) in [6, 6.07) is 24.9. The van der Waals surface area contributed by atoms with E-state index in [4.69, 9.17) is 27.9 Å². The molecule has 1 fully saturated rings. The second-order valence-corrected chi connectivity index (χ2v) is 11.5. The number of amides is 1. The monoisotopic (exact) mass is 594 g/mol. The number of rotatable bonds is 5. The fraction of sp³-hybridized carbons (Fsp3) is 0.147. The first-order valence-corrected chi connectivity index (χ1v) is 14.2. The maximum atomic E-state index is 14.8. The number of ether oxygens (including phenoxy) is 1. The van der Waals surface area contributed by atoms with Crippen LogP contribution in [0.2, 0.25) is 10.0 Å². The van der Waals surface area contributed by atoms with Crippen LogP contribution in [0.5, 0.6) is 5.75 Å². The molecule has 0 saturated carbocycles. The van der Waals surface area contributed by atoms with Gasteiger partial charge in [0.15, 0.2) is 11.6 Å². The normalized spacial score (nSPS) is 23.3. The molecule has 7 rings (SSSR count). The summed E-state index contributed by atoms with van der Waals surface area (Å²) in [7, 11) is 1.55. The molecule has 42 heavy (non-hydrogen) atoms. The number of Topliss-reactive ketones (excluding diaryl/α,β-unsaturated/α-hetero) is 2. The highest BCUT2D eigenvalue weighted by molar-refractivity contribution is 6.37. The number of anilines is 1. The molecule has 0 aliphatic carbocycles. The fourth-order valence-electron chi connectivity index (χ4n) is 6.95. The predicted octanol–water partition coefficient (Wildman–Crippen LogP) is 6.98. The predicted molar refractivity (Wildman–Crippen MR) is 162 cm³/mol. The van der Waals surface area contributed by atoms with E-state index in [-0.39, 0.29) is 28.1 Å². The molecule has 0 aromatic heterocycles.